The summed E-state index contributed by atoms with van der Waals surface area (Å²) in [6, 6.07) is 9.11. The fraction of sp³-hybridized carbons (Fsp3) is 0.190. The van der Waals surface area contributed by atoms with Crippen LogP contribution < -0.4 is 5.36 Å². The monoisotopic (exact) mass is 406 g/mol. The van der Waals surface area contributed by atoms with E-state index in [9.17, 15) is 5.21 Å². The number of aliphatic imine (C=N–C) groups is 1. The molecule has 4 heterocycles. The summed E-state index contributed by atoms with van der Waals surface area (Å²) < 4.78 is 14.4. The molecule has 1 aromatic carbocycles. The van der Waals surface area contributed by atoms with Crippen molar-refractivity contribution in [2.24, 2.45) is 10.1 Å². The normalized spacial score (nSPS) is 21.3. The van der Waals surface area contributed by atoms with Crippen LogP contribution >= 0.6 is 11.8 Å². The number of hydrogen-bond acceptors (Lipinski definition) is 7. The van der Waals surface area contributed by atoms with Crippen LogP contribution in [0.2, 0.25) is 0 Å². The average molecular weight is 406 g/mol. The molecule has 0 saturated heterocycles. The maximum absolute atomic E-state index is 9.56. The van der Waals surface area contributed by atoms with E-state index in [4.69, 9.17) is 14.1 Å². The largest absolute Gasteiger partial charge is 0.455 e. The molecule has 1 N–H and O–H groups in total. The van der Waals surface area contributed by atoms with Crippen LogP contribution in [-0.4, -0.2) is 33.3 Å². The molecule has 5 rings (SSSR count). The number of benzene rings is 1. The Morgan fingerprint density at radius 3 is 3.14 bits per heavy atom. The highest BCUT2D eigenvalue weighted by atomic mass is 32.2. The molecule has 0 spiro atoms. The molecule has 1 atom stereocenters. The van der Waals surface area contributed by atoms with Crippen molar-refractivity contribution in [1.82, 2.24) is 9.55 Å². The standard InChI is InChI=1S/C21H18N4O3S/c26-24-17-11-20(28-18-4-2-1-3-16(17)18)21(27-9-8-25-7-6-22-14-25)12-19-15(13-23-21)5-10-29-19/h1-7,11-14,26H,8-10H2. The Kier molecular flexibility index (Phi) is 4.57. The third-order valence-electron chi connectivity index (χ3n) is 4.89. The third kappa shape index (κ3) is 3.30. The van der Waals surface area contributed by atoms with E-state index in [1.54, 1.807) is 30.4 Å². The van der Waals surface area contributed by atoms with E-state index in [0.717, 1.165) is 21.6 Å². The zero-order valence-electron chi connectivity index (χ0n) is 15.4. The quantitative estimate of drug-likeness (QED) is 0.518. The van der Waals surface area contributed by atoms with Crippen molar-refractivity contribution in [1.29, 1.82) is 0 Å². The summed E-state index contributed by atoms with van der Waals surface area (Å²) in [4.78, 5) is 9.89. The maximum atomic E-state index is 9.56. The van der Waals surface area contributed by atoms with Gasteiger partial charge in [0.15, 0.2) is 5.76 Å². The van der Waals surface area contributed by atoms with E-state index in [-0.39, 0.29) is 0 Å². The van der Waals surface area contributed by atoms with Crippen molar-refractivity contribution >= 4 is 28.9 Å². The molecule has 0 bridgehead atoms. The number of imidazole rings is 1. The molecule has 146 valence electrons. The van der Waals surface area contributed by atoms with Crippen LogP contribution in [0, 0.1) is 0 Å². The molecular weight excluding hydrogens is 388 g/mol. The molecule has 0 aliphatic carbocycles. The summed E-state index contributed by atoms with van der Waals surface area (Å²) in [5.74, 6) is 1.37. The smallest absolute Gasteiger partial charge is 0.238 e. The summed E-state index contributed by atoms with van der Waals surface area (Å²) >= 11 is 1.74. The molecule has 2 aliphatic heterocycles. The molecule has 0 amide bonds. The van der Waals surface area contributed by atoms with Crippen LogP contribution in [0.15, 0.2) is 86.2 Å². The van der Waals surface area contributed by atoms with Gasteiger partial charge in [0.2, 0.25) is 5.72 Å². The second-order valence-corrected chi connectivity index (χ2v) is 7.74. The number of allylic oxidation sites excluding steroid dienone is 1. The predicted octanol–water partition coefficient (Wildman–Crippen LogP) is 3.43. The van der Waals surface area contributed by atoms with Crippen LogP contribution in [0.4, 0.5) is 0 Å². The van der Waals surface area contributed by atoms with Crippen LogP contribution in [0.25, 0.3) is 11.0 Å². The molecule has 8 heteroatoms. The first kappa shape index (κ1) is 18.0. The van der Waals surface area contributed by atoms with Gasteiger partial charge in [-0.3, -0.25) is 0 Å². The van der Waals surface area contributed by atoms with Gasteiger partial charge in [-0.15, -0.1) is 11.8 Å². The van der Waals surface area contributed by atoms with Gasteiger partial charge in [-0.25, -0.2) is 9.98 Å². The second kappa shape index (κ2) is 7.38. The van der Waals surface area contributed by atoms with Gasteiger partial charge in [0.25, 0.3) is 0 Å². The highest BCUT2D eigenvalue weighted by molar-refractivity contribution is 8.03. The van der Waals surface area contributed by atoms with Crippen LogP contribution in [0.1, 0.15) is 5.76 Å². The summed E-state index contributed by atoms with van der Waals surface area (Å²) in [6.07, 6.45) is 11.3. The van der Waals surface area contributed by atoms with E-state index >= 15 is 0 Å². The summed E-state index contributed by atoms with van der Waals surface area (Å²) in [5.41, 5.74) is 0.565. The van der Waals surface area contributed by atoms with E-state index in [2.05, 4.69) is 16.2 Å². The Labute approximate surface area is 170 Å². The SMILES string of the molecule is ON=c1cc(C2(OCCn3ccnc3)C=C3SCC=C3C=N2)oc2ccccc12. The lowest BCUT2D eigenvalue weighted by Gasteiger charge is -2.29. The number of ether oxygens (including phenoxy) is 1. The highest BCUT2D eigenvalue weighted by Crippen LogP contribution is 2.41. The first-order valence-corrected chi connectivity index (χ1v) is 10.2. The number of nitrogens with zero attached hydrogens (tertiary/aromatic N) is 4. The fourth-order valence-electron chi connectivity index (χ4n) is 3.41. The molecule has 0 saturated carbocycles. The summed E-state index contributed by atoms with van der Waals surface area (Å²) in [5, 5.41) is 14.1. The summed E-state index contributed by atoms with van der Waals surface area (Å²) in [7, 11) is 0. The minimum atomic E-state index is -1.13. The van der Waals surface area contributed by atoms with Gasteiger partial charge in [0.05, 0.1) is 12.9 Å². The Balaban J connectivity index is 1.59. The zero-order chi connectivity index (χ0) is 19.7. The Hall–Kier alpha value is -3.10. The average Bonchev–Trinajstić information content (AvgIpc) is 3.44. The van der Waals surface area contributed by atoms with E-state index in [0.29, 0.717) is 29.9 Å². The van der Waals surface area contributed by atoms with Crippen molar-refractivity contribution in [3.63, 3.8) is 0 Å². The van der Waals surface area contributed by atoms with Crippen LogP contribution in [0.5, 0.6) is 0 Å². The van der Waals surface area contributed by atoms with Crippen molar-refractivity contribution in [2.75, 3.05) is 12.4 Å². The molecule has 0 radical (unpaired) electrons. The van der Waals surface area contributed by atoms with Gasteiger partial charge in [0, 0.05) is 52.8 Å². The topological polar surface area (TPSA) is 85.1 Å². The van der Waals surface area contributed by atoms with E-state index in [1.807, 2.05) is 47.3 Å². The Morgan fingerprint density at radius 1 is 1.34 bits per heavy atom. The van der Waals surface area contributed by atoms with Crippen molar-refractivity contribution in [2.45, 2.75) is 12.3 Å². The molecule has 3 aromatic rings. The molecule has 7 nitrogen and oxygen atoms in total. The van der Waals surface area contributed by atoms with Crippen molar-refractivity contribution < 1.29 is 14.4 Å². The number of dihydropyridines is 1. The van der Waals surface area contributed by atoms with E-state index < -0.39 is 5.72 Å². The van der Waals surface area contributed by atoms with E-state index in [1.165, 1.54) is 0 Å². The van der Waals surface area contributed by atoms with Gasteiger partial charge in [-0.2, -0.15) is 0 Å². The summed E-state index contributed by atoms with van der Waals surface area (Å²) in [6.45, 7) is 1.02. The van der Waals surface area contributed by atoms with Gasteiger partial charge < -0.3 is 18.9 Å². The predicted molar refractivity (Wildman–Crippen MR) is 111 cm³/mol. The lowest BCUT2D eigenvalue weighted by Crippen LogP contribution is -2.30. The minimum Gasteiger partial charge on any atom is -0.455 e. The number of thioether (sulfide) groups is 1. The molecule has 2 aliphatic rings. The zero-order valence-corrected chi connectivity index (χ0v) is 16.2. The maximum Gasteiger partial charge on any atom is 0.238 e. The van der Waals surface area contributed by atoms with Crippen LogP contribution in [-0.2, 0) is 17.0 Å². The molecular formula is C21H18N4O3S. The molecule has 0 fully saturated rings. The first-order chi connectivity index (χ1) is 14.3. The van der Waals surface area contributed by atoms with Crippen LogP contribution in [0.3, 0.4) is 0 Å². The number of fused-ring (bicyclic) bond motifs is 2. The second-order valence-electron chi connectivity index (χ2n) is 6.67. The number of hydrogen-bond donors (Lipinski definition) is 1. The van der Waals surface area contributed by atoms with Gasteiger partial charge >= 0.3 is 0 Å². The fourth-order valence-corrected chi connectivity index (χ4v) is 4.40. The lowest BCUT2D eigenvalue weighted by atomic mass is 10.0. The van der Waals surface area contributed by atoms with Gasteiger partial charge in [-0.05, 0) is 18.2 Å². The number of para-hydroxylation sites is 1. The molecule has 2 aromatic heterocycles. The number of rotatable bonds is 5. The van der Waals surface area contributed by atoms with Gasteiger partial charge in [0.1, 0.15) is 10.9 Å². The number of aromatic nitrogens is 2. The van der Waals surface area contributed by atoms with Crippen molar-refractivity contribution in [3.05, 3.63) is 82.8 Å². The first-order valence-electron chi connectivity index (χ1n) is 9.20. The molecule has 29 heavy (non-hydrogen) atoms. The Bertz CT molecular complexity index is 1210. The lowest BCUT2D eigenvalue weighted by molar-refractivity contribution is -0.0245. The minimum absolute atomic E-state index is 0.398. The molecule has 1 unspecified atom stereocenters. The van der Waals surface area contributed by atoms with Gasteiger partial charge in [-0.1, -0.05) is 23.4 Å². The third-order valence-corrected chi connectivity index (χ3v) is 5.89. The highest BCUT2D eigenvalue weighted by Gasteiger charge is 2.37. The van der Waals surface area contributed by atoms with Crippen molar-refractivity contribution in [3.8, 4) is 0 Å². The Morgan fingerprint density at radius 2 is 2.28 bits per heavy atom.